The monoisotopic (exact) mass is 204 g/mol. The fourth-order valence-electron chi connectivity index (χ4n) is 2.30. The molecular formula is C10H21O2P. The van der Waals surface area contributed by atoms with Crippen LogP contribution < -0.4 is 0 Å². The predicted octanol–water partition coefficient (Wildman–Crippen LogP) is 3.11. The molecule has 1 aliphatic carbocycles. The van der Waals surface area contributed by atoms with Gasteiger partial charge in [0.2, 0.25) is 0 Å². The van der Waals surface area contributed by atoms with Gasteiger partial charge in [-0.05, 0) is 24.2 Å². The third-order valence-corrected chi connectivity index (χ3v) is 3.43. The molecule has 1 N–H and O–H groups in total. The van der Waals surface area contributed by atoms with Gasteiger partial charge >= 0.3 is 0 Å². The summed E-state index contributed by atoms with van der Waals surface area (Å²) in [5.41, 5.74) is 0.310. The van der Waals surface area contributed by atoms with E-state index in [0.29, 0.717) is 11.3 Å². The van der Waals surface area contributed by atoms with Gasteiger partial charge < -0.3 is 9.42 Å². The molecule has 0 heterocycles. The average molecular weight is 204 g/mol. The molecule has 1 fully saturated rings. The number of rotatable bonds is 2. The Kier molecular flexibility index (Phi) is 4.15. The molecule has 0 aromatic rings. The Morgan fingerprint density at radius 1 is 1.23 bits per heavy atom. The highest BCUT2D eigenvalue weighted by atomic mass is 31.1. The van der Waals surface area contributed by atoms with Crippen molar-refractivity contribution in [3.63, 3.8) is 0 Å². The van der Waals surface area contributed by atoms with Crippen LogP contribution in [0.1, 0.15) is 46.5 Å². The first-order chi connectivity index (χ1) is 6.05. The summed E-state index contributed by atoms with van der Waals surface area (Å²) in [6.07, 6.45) is 5.23. The van der Waals surface area contributed by atoms with Gasteiger partial charge in [-0.2, -0.15) is 0 Å². The fraction of sp³-hybridized carbons (Fsp3) is 1.00. The molecule has 3 atom stereocenters. The van der Waals surface area contributed by atoms with Crippen LogP contribution in [0, 0.1) is 11.3 Å². The first-order valence-corrected chi connectivity index (χ1v) is 5.96. The minimum atomic E-state index is -0.346. The first kappa shape index (κ1) is 11.4. The quantitative estimate of drug-likeness (QED) is 0.700. The van der Waals surface area contributed by atoms with Crippen molar-refractivity contribution < 1.29 is 9.42 Å². The van der Waals surface area contributed by atoms with Crippen molar-refractivity contribution in [1.82, 2.24) is 0 Å². The molecular weight excluding hydrogens is 183 g/mol. The van der Waals surface area contributed by atoms with Gasteiger partial charge in [-0.3, -0.25) is 0 Å². The van der Waals surface area contributed by atoms with Crippen LogP contribution in [0.2, 0.25) is 0 Å². The summed E-state index contributed by atoms with van der Waals surface area (Å²) in [7, 11) is -0.346. The van der Waals surface area contributed by atoms with Crippen LogP contribution in [-0.2, 0) is 4.52 Å². The summed E-state index contributed by atoms with van der Waals surface area (Å²) in [5.74, 6) is 0.612. The average Bonchev–Trinajstić information content (AvgIpc) is 2.04. The summed E-state index contributed by atoms with van der Waals surface area (Å²) >= 11 is 0. The Balaban J connectivity index is 2.56. The zero-order valence-electron chi connectivity index (χ0n) is 8.84. The third-order valence-electron chi connectivity index (χ3n) is 3.02. The Labute approximate surface area is 83.0 Å². The second-order valence-corrected chi connectivity index (χ2v) is 5.42. The zero-order valence-corrected chi connectivity index (χ0v) is 9.84. The summed E-state index contributed by atoms with van der Waals surface area (Å²) in [5, 5.41) is 0. The Hall–Kier alpha value is 0.350. The number of hydrogen-bond donors (Lipinski definition) is 1. The van der Waals surface area contributed by atoms with E-state index < -0.39 is 0 Å². The Bertz CT molecular complexity index is 151. The third kappa shape index (κ3) is 3.19. The van der Waals surface area contributed by atoms with Gasteiger partial charge in [0.25, 0.3) is 0 Å². The van der Waals surface area contributed by atoms with E-state index in [-0.39, 0.29) is 15.1 Å². The molecule has 0 aromatic carbocycles. The smallest absolute Gasteiger partial charge is 0.152 e. The van der Waals surface area contributed by atoms with Crippen LogP contribution >= 0.6 is 9.03 Å². The highest BCUT2D eigenvalue weighted by Crippen LogP contribution is 2.40. The summed E-state index contributed by atoms with van der Waals surface area (Å²) < 4.78 is 5.41. The van der Waals surface area contributed by atoms with Gasteiger partial charge in [0, 0.05) is 0 Å². The molecule has 3 unspecified atom stereocenters. The van der Waals surface area contributed by atoms with Crippen molar-refractivity contribution in [3.8, 4) is 0 Å². The topological polar surface area (TPSA) is 29.5 Å². The van der Waals surface area contributed by atoms with E-state index in [1.807, 2.05) is 0 Å². The van der Waals surface area contributed by atoms with Gasteiger partial charge in [-0.1, -0.05) is 33.6 Å². The van der Waals surface area contributed by atoms with Crippen LogP contribution in [0.3, 0.4) is 0 Å². The van der Waals surface area contributed by atoms with Gasteiger partial charge in [-0.25, -0.2) is 0 Å². The van der Waals surface area contributed by atoms with Gasteiger partial charge in [0.1, 0.15) is 0 Å². The van der Waals surface area contributed by atoms with Crippen LogP contribution in [0.25, 0.3) is 0 Å². The van der Waals surface area contributed by atoms with E-state index in [4.69, 9.17) is 9.42 Å². The van der Waals surface area contributed by atoms with E-state index in [1.54, 1.807) is 0 Å². The van der Waals surface area contributed by atoms with Crippen LogP contribution in [0.4, 0.5) is 0 Å². The van der Waals surface area contributed by atoms with Crippen molar-refractivity contribution in [3.05, 3.63) is 0 Å². The van der Waals surface area contributed by atoms with Crippen molar-refractivity contribution in [1.29, 1.82) is 0 Å². The van der Waals surface area contributed by atoms with Crippen LogP contribution in [0.15, 0.2) is 0 Å². The van der Waals surface area contributed by atoms with Gasteiger partial charge in [0.05, 0.1) is 6.10 Å². The summed E-state index contributed by atoms with van der Waals surface area (Å²) in [4.78, 5) is 8.81. The Morgan fingerprint density at radius 3 is 2.38 bits per heavy atom. The highest BCUT2D eigenvalue weighted by molar-refractivity contribution is 7.25. The van der Waals surface area contributed by atoms with Crippen molar-refractivity contribution in [2.75, 3.05) is 0 Å². The predicted molar refractivity (Wildman–Crippen MR) is 56.8 cm³/mol. The van der Waals surface area contributed by atoms with Crippen LogP contribution in [-0.4, -0.2) is 11.0 Å². The molecule has 78 valence electrons. The molecule has 0 aliphatic heterocycles. The number of hydrogen-bond acceptors (Lipinski definition) is 2. The fourth-order valence-corrected chi connectivity index (χ4v) is 2.71. The molecule has 13 heavy (non-hydrogen) atoms. The minimum Gasteiger partial charge on any atom is -0.352 e. The molecule has 1 saturated carbocycles. The maximum atomic E-state index is 8.81. The van der Waals surface area contributed by atoms with Crippen LogP contribution in [0.5, 0.6) is 0 Å². The summed E-state index contributed by atoms with van der Waals surface area (Å²) in [6, 6.07) is 0. The second kappa shape index (κ2) is 4.72. The first-order valence-electron chi connectivity index (χ1n) is 5.10. The second-order valence-electron chi connectivity index (χ2n) is 5.00. The molecule has 0 bridgehead atoms. The normalized spacial score (nSPS) is 31.4. The minimum absolute atomic E-state index is 0.289. The van der Waals surface area contributed by atoms with Crippen molar-refractivity contribution in [2.45, 2.75) is 52.6 Å². The largest absolute Gasteiger partial charge is 0.352 e. The molecule has 1 rings (SSSR count). The standard InChI is InChI=1S/C10H21O2P/c1-10(2,3)8-6-4-5-7-9(8)12-13-11/h8-9,11,13H,4-7H2,1-3H3. The molecule has 3 heteroatoms. The van der Waals surface area contributed by atoms with E-state index in [1.165, 1.54) is 19.3 Å². The molecule has 0 radical (unpaired) electrons. The van der Waals surface area contributed by atoms with Crippen molar-refractivity contribution in [2.24, 2.45) is 11.3 Å². The summed E-state index contributed by atoms with van der Waals surface area (Å²) in [6.45, 7) is 6.79. The lowest BCUT2D eigenvalue weighted by Gasteiger charge is -2.39. The molecule has 1 aliphatic rings. The van der Waals surface area contributed by atoms with E-state index in [0.717, 1.165) is 6.42 Å². The molecule has 2 nitrogen and oxygen atoms in total. The van der Waals surface area contributed by atoms with Crippen molar-refractivity contribution >= 4 is 9.03 Å². The SMILES string of the molecule is CC(C)(C)C1CCCCC1OPO. The Morgan fingerprint density at radius 2 is 1.85 bits per heavy atom. The van der Waals surface area contributed by atoms with E-state index in [2.05, 4.69) is 20.8 Å². The van der Waals surface area contributed by atoms with Gasteiger partial charge in [0.15, 0.2) is 9.03 Å². The molecule has 0 aromatic heterocycles. The lowest BCUT2D eigenvalue weighted by Crippen LogP contribution is -2.35. The molecule has 0 saturated heterocycles. The lowest BCUT2D eigenvalue weighted by atomic mass is 9.71. The maximum absolute atomic E-state index is 8.81. The van der Waals surface area contributed by atoms with Gasteiger partial charge in [-0.15, -0.1) is 0 Å². The lowest BCUT2D eigenvalue weighted by molar-refractivity contribution is 0.0332. The van der Waals surface area contributed by atoms with E-state index >= 15 is 0 Å². The molecule has 0 amide bonds. The van der Waals surface area contributed by atoms with E-state index in [9.17, 15) is 0 Å². The molecule has 0 spiro atoms. The highest BCUT2D eigenvalue weighted by Gasteiger charge is 2.34. The maximum Gasteiger partial charge on any atom is 0.152 e. The zero-order chi connectivity index (χ0) is 9.90.